The maximum Gasteiger partial charge on any atom is 0.269 e. The van der Waals surface area contributed by atoms with Crippen LogP contribution in [0.1, 0.15) is 11.5 Å². The van der Waals surface area contributed by atoms with Gasteiger partial charge in [-0.25, -0.2) is 4.98 Å². The quantitative estimate of drug-likeness (QED) is 0.889. The van der Waals surface area contributed by atoms with Crippen molar-refractivity contribution in [3.8, 4) is 10.8 Å². The van der Waals surface area contributed by atoms with E-state index < -0.39 is 0 Å². The van der Waals surface area contributed by atoms with Crippen LogP contribution in [0.4, 0.5) is 0 Å². The topological polar surface area (TPSA) is 67.1 Å². The van der Waals surface area contributed by atoms with Crippen molar-refractivity contribution in [1.82, 2.24) is 25.3 Å². The molecule has 2 aromatic heterocycles. The van der Waals surface area contributed by atoms with Crippen molar-refractivity contribution in [2.75, 3.05) is 26.2 Å². The number of piperazine rings is 1. The Kier molecular flexibility index (Phi) is 3.35. The second kappa shape index (κ2) is 5.13. The summed E-state index contributed by atoms with van der Waals surface area (Å²) in [6.07, 6.45) is 0. The largest absolute Gasteiger partial charge is 0.333 e. The van der Waals surface area contributed by atoms with Crippen LogP contribution in [0.15, 0.2) is 10.0 Å². The van der Waals surface area contributed by atoms with E-state index in [1.165, 1.54) is 11.3 Å². The second-order valence-electron chi connectivity index (χ2n) is 4.31. The zero-order valence-corrected chi connectivity index (χ0v) is 11.0. The molecule has 3 heterocycles. The summed E-state index contributed by atoms with van der Waals surface area (Å²) >= 11 is 1.53. The fraction of sp³-hybridized carbons (Fsp3) is 0.545. The van der Waals surface area contributed by atoms with Gasteiger partial charge in [0.1, 0.15) is 4.88 Å². The third kappa shape index (κ3) is 2.43. The first kappa shape index (κ1) is 11.8. The van der Waals surface area contributed by atoms with Gasteiger partial charge in [-0.15, -0.1) is 11.3 Å². The number of aromatic nitrogens is 3. The van der Waals surface area contributed by atoms with Crippen LogP contribution in [0.2, 0.25) is 0 Å². The van der Waals surface area contributed by atoms with Gasteiger partial charge in [0.15, 0.2) is 5.82 Å². The van der Waals surface area contributed by atoms with Gasteiger partial charge in [-0.05, 0) is 6.92 Å². The van der Waals surface area contributed by atoms with E-state index in [2.05, 4.69) is 25.3 Å². The average molecular weight is 265 g/mol. The lowest BCUT2D eigenvalue weighted by atomic mass is 10.3. The van der Waals surface area contributed by atoms with Gasteiger partial charge >= 0.3 is 0 Å². The van der Waals surface area contributed by atoms with Gasteiger partial charge in [-0.2, -0.15) is 4.98 Å². The molecule has 1 saturated heterocycles. The maximum absolute atomic E-state index is 5.30. The van der Waals surface area contributed by atoms with E-state index in [1.807, 2.05) is 6.92 Å². The van der Waals surface area contributed by atoms with Gasteiger partial charge in [-0.1, -0.05) is 5.16 Å². The average Bonchev–Trinajstić information content (AvgIpc) is 2.99. The second-order valence-corrected chi connectivity index (χ2v) is 5.16. The van der Waals surface area contributed by atoms with Crippen molar-refractivity contribution >= 4 is 11.3 Å². The highest BCUT2D eigenvalue weighted by atomic mass is 32.1. The van der Waals surface area contributed by atoms with Gasteiger partial charge in [0.05, 0.1) is 17.7 Å². The van der Waals surface area contributed by atoms with E-state index in [0.717, 1.165) is 49.1 Å². The van der Waals surface area contributed by atoms with E-state index >= 15 is 0 Å². The summed E-state index contributed by atoms with van der Waals surface area (Å²) in [6, 6.07) is 0. The summed E-state index contributed by atoms with van der Waals surface area (Å²) in [5.41, 5.74) is 2.74. The Labute approximate surface area is 109 Å². The molecule has 0 unspecified atom stereocenters. The molecule has 0 aliphatic carbocycles. The number of aryl methyl sites for hydroxylation is 1. The van der Waals surface area contributed by atoms with E-state index in [4.69, 9.17) is 4.52 Å². The van der Waals surface area contributed by atoms with E-state index in [0.29, 0.717) is 5.89 Å². The Balaban J connectivity index is 1.71. The number of hydrogen-bond donors (Lipinski definition) is 1. The molecule has 0 amide bonds. The minimum atomic E-state index is 0.583. The zero-order chi connectivity index (χ0) is 12.4. The molecule has 2 aromatic rings. The summed E-state index contributed by atoms with van der Waals surface area (Å²) < 4.78 is 5.30. The standard InChI is InChI=1S/C11H15N5OS/c1-8-10(18-7-13-8)11-14-9(15-17-11)6-16-4-2-12-3-5-16/h7,12H,2-6H2,1H3. The third-order valence-corrected chi connectivity index (χ3v) is 3.90. The third-order valence-electron chi connectivity index (χ3n) is 2.98. The van der Waals surface area contributed by atoms with Crippen LogP contribution in [0.25, 0.3) is 10.8 Å². The molecule has 6 nitrogen and oxygen atoms in total. The van der Waals surface area contributed by atoms with Crippen molar-refractivity contribution in [3.05, 3.63) is 17.0 Å². The minimum Gasteiger partial charge on any atom is -0.333 e. The molecule has 7 heteroatoms. The molecule has 3 rings (SSSR count). The highest BCUT2D eigenvalue weighted by molar-refractivity contribution is 7.13. The van der Waals surface area contributed by atoms with Crippen LogP contribution in [0.3, 0.4) is 0 Å². The van der Waals surface area contributed by atoms with Gasteiger partial charge in [0, 0.05) is 26.2 Å². The molecule has 0 bridgehead atoms. The molecule has 1 aliphatic heterocycles. The van der Waals surface area contributed by atoms with E-state index in [1.54, 1.807) is 5.51 Å². The normalized spacial score (nSPS) is 17.2. The van der Waals surface area contributed by atoms with Crippen molar-refractivity contribution < 1.29 is 4.52 Å². The highest BCUT2D eigenvalue weighted by Gasteiger charge is 2.16. The Hall–Kier alpha value is -1.31. The van der Waals surface area contributed by atoms with Crippen molar-refractivity contribution in [1.29, 1.82) is 0 Å². The number of rotatable bonds is 3. The van der Waals surface area contributed by atoms with Gasteiger partial charge in [0.2, 0.25) is 0 Å². The smallest absolute Gasteiger partial charge is 0.269 e. The molecule has 1 N–H and O–H groups in total. The summed E-state index contributed by atoms with van der Waals surface area (Å²) in [6.45, 7) is 6.82. The Morgan fingerprint density at radius 1 is 1.44 bits per heavy atom. The fourth-order valence-electron chi connectivity index (χ4n) is 1.99. The number of nitrogens with one attached hydrogen (secondary N) is 1. The summed E-state index contributed by atoms with van der Waals surface area (Å²) in [4.78, 5) is 11.9. The Morgan fingerprint density at radius 3 is 3.00 bits per heavy atom. The zero-order valence-electron chi connectivity index (χ0n) is 10.2. The van der Waals surface area contributed by atoms with Crippen molar-refractivity contribution in [2.24, 2.45) is 0 Å². The van der Waals surface area contributed by atoms with Crippen LogP contribution in [-0.4, -0.2) is 46.2 Å². The fourth-order valence-corrected chi connectivity index (χ4v) is 2.71. The molecule has 0 radical (unpaired) electrons. The molecule has 96 valence electrons. The molecule has 0 spiro atoms. The van der Waals surface area contributed by atoms with Crippen LogP contribution in [0, 0.1) is 6.92 Å². The van der Waals surface area contributed by atoms with Gasteiger partial charge in [-0.3, -0.25) is 4.90 Å². The van der Waals surface area contributed by atoms with Crippen LogP contribution < -0.4 is 5.32 Å². The molecule has 1 fully saturated rings. The van der Waals surface area contributed by atoms with Crippen LogP contribution in [0.5, 0.6) is 0 Å². The lowest BCUT2D eigenvalue weighted by molar-refractivity contribution is 0.225. The number of thiazole rings is 1. The first-order valence-electron chi connectivity index (χ1n) is 5.99. The Bertz CT molecular complexity index is 517. The summed E-state index contributed by atoms with van der Waals surface area (Å²) in [5, 5.41) is 7.36. The Morgan fingerprint density at radius 2 is 2.28 bits per heavy atom. The first-order valence-corrected chi connectivity index (χ1v) is 6.87. The van der Waals surface area contributed by atoms with Crippen molar-refractivity contribution in [3.63, 3.8) is 0 Å². The summed E-state index contributed by atoms with van der Waals surface area (Å²) in [7, 11) is 0. The summed E-state index contributed by atoms with van der Waals surface area (Å²) in [5.74, 6) is 1.33. The first-order chi connectivity index (χ1) is 8.83. The van der Waals surface area contributed by atoms with Crippen LogP contribution >= 0.6 is 11.3 Å². The molecule has 0 aromatic carbocycles. The number of hydrogen-bond acceptors (Lipinski definition) is 7. The number of nitrogens with zero attached hydrogens (tertiary/aromatic N) is 4. The van der Waals surface area contributed by atoms with Crippen LogP contribution in [-0.2, 0) is 6.54 Å². The van der Waals surface area contributed by atoms with E-state index in [9.17, 15) is 0 Å². The molecule has 18 heavy (non-hydrogen) atoms. The molecule has 1 aliphatic rings. The SMILES string of the molecule is Cc1ncsc1-c1nc(CN2CCNCC2)no1. The monoisotopic (exact) mass is 265 g/mol. The molecule has 0 atom stereocenters. The lowest BCUT2D eigenvalue weighted by Crippen LogP contribution is -2.43. The lowest BCUT2D eigenvalue weighted by Gasteiger charge is -2.25. The maximum atomic E-state index is 5.30. The van der Waals surface area contributed by atoms with Gasteiger partial charge < -0.3 is 9.84 Å². The van der Waals surface area contributed by atoms with E-state index in [-0.39, 0.29) is 0 Å². The predicted octanol–water partition coefficient (Wildman–Crippen LogP) is 0.907. The predicted molar refractivity (Wildman–Crippen MR) is 68.3 cm³/mol. The van der Waals surface area contributed by atoms with Gasteiger partial charge in [0.25, 0.3) is 5.89 Å². The van der Waals surface area contributed by atoms with Crippen molar-refractivity contribution in [2.45, 2.75) is 13.5 Å². The molecular weight excluding hydrogens is 250 g/mol. The highest BCUT2D eigenvalue weighted by Crippen LogP contribution is 2.25. The minimum absolute atomic E-state index is 0.583. The molecule has 0 saturated carbocycles. The molecular formula is C11H15N5OS.